The van der Waals surface area contributed by atoms with Crippen LogP contribution in [-0.4, -0.2) is 31.8 Å². The van der Waals surface area contributed by atoms with Crippen molar-refractivity contribution in [3.63, 3.8) is 0 Å². The van der Waals surface area contributed by atoms with Gasteiger partial charge in [-0.25, -0.2) is 4.79 Å². The third-order valence-electron chi connectivity index (χ3n) is 6.38. The Bertz CT molecular complexity index is 1490. The summed E-state index contributed by atoms with van der Waals surface area (Å²) in [7, 11) is 1.65. The summed E-state index contributed by atoms with van der Waals surface area (Å²) < 4.78 is 4.64. The molecule has 0 amide bonds. The lowest BCUT2D eigenvalue weighted by molar-refractivity contribution is 0.437. The van der Waals surface area contributed by atoms with Crippen molar-refractivity contribution in [2.75, 3.05) is 18.0 Å². The van der Waals surface area contributed by atoms with Crippen LogP contribution in [0.3, 0.4) is 0 Å². The summed E-state index contributed by atoms with van der Waals surface area (Å²) in [5.41, 5.74) is 1.96. The molecule has 0 N–H and O–H groups in total. The first kappa shape index (κ1) is 22.7. The summed E-state index contributed by atoms with van der Waals surface area (Å²) in [5.74, 6) is 1.06. The fourth-order valence-electron chi connectivity index (χ4n) is 4.66. The molecular formula is C25H25Cl2N5O2. The first-order valence-corrected chi connectivity index (χ1v) is 12.0. The number of anilines is 1. The third-order valence-corrected chi connectivity index (χ3v) is 6.97. The molecule has 0 fully saturated rings. The maximum absolute atomic E-state index is 13.6. The van der Waals surface area contributed by atoms with Crippen LogP contribution < -0.4 is 16.1 Å². The second kappa shape index (κ2) is 8.96. The van der Waals surface area contributed by atoms with Crippen LogP contribution in [0, 0.1) is 5.92 Å². The number of imidazole rings is 1. The molecule has 176 valence electrons. The minimum absolute atomic E-state index is 0.0608. The standard InChI is InChI=1S/C25H25Cl2N5O2/c1-16-13-30(11-10-17-6-4-3-5-7-17)24-28-22-21(31(24)14-16)23(33)32(25(34)29(22)2)15-18-8-9-19(26)12-20(18)27/h3-9,12,16H,10-11,13-15H2,1-2H3. The van der Waals surface area contributed by atoms with Crippen molar-refractivity contribution in [3.8, 4) is 0 Å². The second-order valence-corrected chi connectivity index (χ2v) is 9.79. The molecule has 2 aromatic heterocycles. The van der Waals surface area contributed by atoms with Crippen molar-refractivity contribution < 1.29 is 0 Å². The SMILES string of the molecule is CC1CN(CCc2ccccc2)c2nc3c(c(=O)n(Cc4ccc(Cl)cc4Cl)c(=O)n3C)n2C1. The van der Waals surface area contributed by atoms with Crippen molar-refractivity contribution >= 4 is 40.3 Å². The molecule has 1 atom stereocenters. The van der Waals surface area contributed by atoms with Crippen LogP contribution in [0.1, 0.15) is 18.1 Å². The van der Waals surface area contributed by atoms with Gasteiger partial charge in [-0.3, -0.25) is 13.9 Å². The lowest BCUT2D eigenvalue weighted by Crippen LogP contribution is -2.41. The Morgan fingerprint density at radius 1 is 1.06 bits per heavy atom. The van der Waals surface area contributed by atoms with Gasteiger partial charge in [0, 0.05) is 36.7 Å². The van der Waals surface area contributed by atoms with E-state index in [1.165, 1.54) is 14.7 Å². The van der Waals surface area contributed by atoms with Crippen molar-refractivity contribution in [2.45, 2.75) is 26.4 Å². The first-order valence-electron chi connectivity index (χ1n) is 11.3. The summed E-state index contributed by atoms with van der Waals surface area (Å²) in [4.78, 5) is 33.7. The summed E-state index contributed by atoms with van der Waals surface area (Å²) in [6.45, 7) is 4.52. The Labute approximate surface area is 206 Å². The molecule has 0 radical (unpaired) electrons. The van der Waals surface area contributed by atoms with Gasteiger partial charge in [-0.1, -0.05) is 66.5 Å². The van der Waals surface area contributed by atoms with Crippen molar-refractivity contribution in [3.05, 3.63) is 90.5 Å². The van der Waals surface area contributed by atoms with Crippen LogP contribution in [0.25, 0.3) is 11.2 Å². The van der Waals surface area contributed by atoms with Gasteiger partial charge in [-0.15, -0.1) is 0 Å². The molecule has 0 aliphatic carbocycles. The van der Waals surface area contributed by atoms with Gasteiger partial charge in [0.15, 0.2) is 11.2 Å². The van der Waals surface area contributed by atoms with Gasteiger partial charge < -0.3 is 9.47 Å². The molecule has 7 nitrogen and oxygen atoms in total. The van der Waals surface area contributed by atoms with Gasteiger partial charge >= 0.3 is 5.69 Å². The number of halogens is 2. The van der Waals surface area contributed by atoms with Crippen LogP contribution in [0.2, 0.25) is 10.0 Å². The number of benzene rings is 2. The highest BCUT2D eigenvalue weighted by Crippen LogP contribution is 2.27. The number of nitrogens with zero attached hydrogens (tertiary/aromatic N) is 5. The molecule has 2 aromatic carbocycles. The Morgan fingerprint density at radius 2 is 1.82 bits per heavy atom. The molecule has 3 heterocycles. The van der Waals surface area contributed by atoms with Gasteiger partial charge in [0.1, 0.15) is 0 Å². The number of aromatic nitrogens is 4. The highest BCUT2D eigenvalue weighted by Gasteiger charge is 2.29. The fourth-order valence-corrected chi connectivity index (χ4v) is 5.13. The number of aryl methyl sites for hydroxylation is 1. The van der Waals surface area contributed by atoms with Gasteiger partial charge in [-0.05, 0) is 35.6 Å². The van der Waals surface area contributed by atoms with E-state index in [1.54, 1.807) is 25.2 Å². The zero-order valence-corrected chi connectivity index (χ0v) is 20.6. The van der Waals surface area contributed by atoms with Gasteiger partial charge in [0.05, 0.1) is 6.54 Å². The normalized spacial score (nSPS) is 15.6. The van der Waals surface area contributed by atoms with E-state index in [1.807, 2.05) is 22.8 Å². The lowest BCUT2D eigenvalue weighted by atomic mass is 10.1. The summed E-state index contributed by atoms with van der Waals surface area (Å²) in [6, 6.07) is 15.3. The molecule has 0 bridgehead atoms. The Morgan fingerprint density at radius 3 is 2.56 bits per heavy atom. The molecule has 34 heavy (non-hydrogen) atoms. The average molecular weight is 498 g/mol. The minimum Gasteiger partial charge on any atom is -0.342 e. The highest BCUT2D eigenvalue weighted by molar-refractivity contribution is 6.35. The largest absolute Gasteiger partial charge is 0.342 e. The number of hydrogen-bond acceptors (Lipinski definition) is 4. The highest BCUT2D eigenvalue weighted by atomic mass is 35.5. The van der Waals surface area contributed by atoms with Crippen molar-refractivity contribution in [1.29, 1.82) is 0 Å². The minimum atomic E-state index is -0.428. The first-order chi connectivity index (χ1) is 16.3. The molecular weight excluding hydrogens is 473 g/mol. The van der Waals surface area contributed by atoms with Crippen LogP contribution >= 0.6 is 23.2 Å². The van der Waals surface area contributed by atoms with E-state index < -0.39 is 5.69 Å². The van der Waals surface area contributed by atoms with E-state index in [4.69, 9.17) is 28.2 Å². The smallest absolute Gasteiger partial charge is 0.332 e. The Balaban J connectivity index is 1.59. The predicted molar refractivity (Wildman–Crippen MR) is 136 cm³/mol. The molecule has 1 aliphatic rings. The van der Waals surface area contributed by atoms with Crippen LogP contribution in [0.4, 0.5) is 5.95 Å². The molecule has 0 spiro atoms. The number of fused-ring (bicyclic) bond motifs is 3. The van der Waals surface area contributed by atoms with E-state index >= 15 is 0 Å². The fraction of sp³-hybridized carbons (Fsp3) is 0.320. The molecule has 5 rings (SSSR count). The molecule has 0 saturated carbocycles. The molecule has 1 unspecified atom stereocenters. The van der Waals surface area contributed by atoms with Gasteiger partial charge in [0.2, 0.25) is 5.95 Å². The Hall–Kier alpha value is -3.03. The molecule has 0 saturated heterocycles. The van der Waals surface area contributed by atoms with E-state index in [9.17, 15) is 9.59 Å². The van der Waals surface area contributed by atoms with Crippen LogP contribution in [-0.2, 0) is 26.6 Å². The number of rotatable bonds is 5. The third kappa shape index (κ3) is 4.03. The van der Waals surface area contributed by atoms with Gasteiger partial charge in [0.25, 0.3) is 5.56 Å². The van der Waals surface area contributed by atoms with Crippen LogP contribution in [0.5, 0.6) is 0 Å². The molecule has 9 heteroatoms. The molecule has 1 aliphatic heterocycles. The summed E-state index contributed by atoms with van der Waals surface area (Å²) in [6.07, 6.45) is 0.870. The Kier molecular flexibility index (Phi) is 6.00. The van der Waals surface area contributed by atoms with E-state index in [0.717, 1.165) is 25.5 Å². The van der Waals surface area contributed by atoms with Crippen molar-refractivity contribution in [1.82, 2.24) is 18.7 Å². The summed E-state index contributed by atoms with van der Waals surface area (Å²) in [5, 5.41) is 0.913. The monoisotopic (exact) mass is 497 g/mol. The average Bonchev–Trinajstić information content (AvgIpc) is 3.20. The zero-order valence-electron chi connectivity index (χ0n) is 19.0. The summed E-state index contributed by atoms with van der Waals surface area (Å²) >= 11 is 12.3. The van der Waals surface area contributed by atoms with Crippen molar-refractivity contribution in [2.24, 2.45) is 13.0 Å². The topological polar surface area (TPSA) is 65.1 Å². The van der Waals surface area contributed by atoms with E-state index in [-0.39, 0.29) is 12.1 Å². The second-order valence-electron chi connectivity index (χ2n) is 8.95. The number of hydrogen-bond donors (Lipinski definition) is 0. The predicted octanol–water partition coefficient (Wildman–Crippen LogP) is 3.95. The quantitative estimate of drug-likeness (QED) is 0.418. The van der Waals surface area contributed by atoms with E-state index in [2.05, 4.69) is 24.0 Å². The maximum Gasteiger partial charge on any atom is 0.332 e. The van der Waals surface area contributed by atoms with Crippen LogP contribution in [0.15, 0.2) is 58.1 Å². The van der Waals surface area contributed by atoms with E-state index in [0.29, 0.717) is 39.2 Å². The maximum atomic E-state index is 13.6. The zero-order chi connectivity index (χ0) is 24.0. The lowest BCUT2D eigenvalue weighted by Gasteiger charge is -2.33. The molecule has 4 aromatic rings. The van der Waals surface area contributed by atoms with Gasteiger partial charge in [-0.2, -0.15) is 4.98 Å².